The topological polar surface area (TPSA) is 50.4 Å². The molecule has 1 heterocycles. The average molecular weight is 248 g/mol. The second kappa shape index (κ2) is 4.43. The molecule has 88 valence electrons. The molecule has 1 fully saturated rings. The van der Waals surface area contributed by atoms with Gasteiger partial charge in [-0.05, 0) is 54.6 Å². The SMILES string of the molecule is O=C(Oc1ccc(C2=CSNN2)cc1)C1CC1. The summed E-state index contributed by atoms with van der Waals surface area (Å²) in [5.41, 5.74) is 5.11. The van der Waals surface area contributed by atoms with Gasteiger partial charge in [0.05, 0.1) is 11.6 Å². The fourth-order valence-electron chi connectivity index (χ4n) is 1.56. The lowest BCUT2D eigenvalue weighted by Crippen LogP contribution is -2.17. The number of hydrazine groups is 1. The van der Waals surface area contributed by atoms with Crippen molar-refractivity contribution in [2.45, 2.75) is 12.8 Å². The fraction of sp³-hybridized carbons (Fsp3) is 0.250. The largest absolute Gasteiger partial charge is 0.426 e. The van der Waals surface area contributed by atoms with Gasteiger partial charge in [0, 0.05) is 5.41 Å². The van der Waals surface area contributed by atoms with Crippen LogP contribution in [-0.2, 0) is 4.79 Å². The maximum Gasteiger partial charge on any atom is 0.314 e. The predicted octanol–water partition coefficient (Wildman–Crippen LogP) is 2.06. The Bertz CT molecular complexity index is 466. The summed E-state index contributed by atoms with van der Waals surface area (Å²) in [4.78, 5) is 14.4. The lowest BCUT2D eigenvalue weighted by molar-refractivity contribution is -0.135. The highest BCUT2D eigenvalue weighted by Gasteiger charge is 2.31. The summed E-state index contributed by atoms with van der Waals surface area (Å²) in [6, 6.07) is 7.51. The van der Waals surface area contributed by atoms with E-state index in [2.05, 4.69) is 10.3 Å². The van der Waals surface area contributed by atoms with Crippen LogP contribution in [0.4, 0.5) is 0 Å². The van der Waals surface area contributed by atoms with Crippen LogP contribution in [0.1, 0.15) is 18.4 Å². The number of nitrogens with one attached hydrogen (secondary N) is 2. The molecule has 0 bridgehead atoms. The third-order valence-corrected chi connectivity index (χ3v) is 3.29. The van der Waals surface area contributed by atoms with Crippen molar-refractivity contribution in [3.8, 4) is 5.75 Å². The summed E-state index contributed by atoms with van der Waals surface area (Å²) < 4.78 is 5.26. The molecule has 0 atom stereocenters. The molecular weight excluding hydrogens is 236 g/mol. The van der Waals surface area contributed by atoms with Crippen LogP contribution in [0.15, 0.2) is 29.7 Å². The Morgan fingerprint density at radius 3 is 2.65 bits per heavy atom. The molecule has 1 aliphatic carbocycles. The van der Waals surface area contributed by atoms with Crippen molar-refractivity contribution >= 4 is 23.6 Å². The number of hydrogen-bond donors (Lipinski definition) is 2. The minimum atomic E-state index is -0.104. The Kier molecular flexibility index (Phi) is 2.78. The molecule has 1 aromatic rings. The average Bonchev–Trinajstić information content (AvgIpc) is 3.07. The number of carbonyl (C=O) groups excluding carboxylic acids is 1. The molecule has 2 N–H and O–H groups in total. The van der Waals surface area contributed by atoms with Gasteiger partial charge >= 0.3 is 5.97 Å². The van der Waals surface area contributed by atoms with Gasteiger partial charge in [0.1, 0.15) is 5.75 Å². The molecule has 0 aromatic heterocycles. The Labute approximate surface area is 104 Å². The first-order valence-corrected chi connectivity index (χ1v) is 6.40. The quantitative estimate of drug-likeness (QED) is 0.487. The zero-order valence-electron chi connectivity index (χ0n) is 9.10. The summed E-state index contributed by atoms with van der Waals surface area (Å²) >= 11 is 1.50. The molecule has 17 heavy (non-hydrogen) atoms. The maximum absolute atomic E-state index is 11.5. The van der Waals surface area contributed by atoms with Crippen molar-refractivity contribution in [1.82, 2.24) is 10.3 Å². The molecule has 0 spiro atoms. The zero-order chi connectivity index (χ0) is 11.7. The standard InChI is InChI=1S/C12H12N2O2S/c15-12(9-1-2-9)16-10-5-3-8(4-6-10)11-7-17-14-13-11/h3-7,9,13-14H,1-2H2. The molecule has 3 rings (SSSR count). The van der Waals surface area contributed by atoms with Gasteiger partial charge in [-0.1, -0.05) is 0 Å². The summed E-state index contributed by atoms with van der Waals surface area (Å²) in [5, 5.41) is 1.99. The normalized spacial score (nSPS) is 18.5. The van der Waals surface area contributed by atoms with E-state index >= 15 is 0 Å². The predicted molar refractivity (Wildman–Crippen MR) is 66.6 cm³/mol. The minimum absolute atomic E-state index is 0.104. The van der Waals surface area contributed by atoms with Crippen LogP contribution in [-0.4, -0.2) is 5.97 Å². The van der Waals surface area contributed by atoms with Crippen molar-refractivity contribution in [1.29, 1.82) is 0 Å². The first-order valence-electron chi connectivity index (χ1n) is 5.52. The van der Waals surface area contributed by atoms with Crippen LogP contribution < -0.4 is 15.0 Å². The van der Waals surface area contributed by atoms with E-state index in [9.17, 15) is 4.79 Å². The van der Waals surface area contributed by atoms with Gasteiger partial charge < -0.3 is 10.2 Å². The molecule has 0 unspecified atom stereocenters. The van der Waals surface area contributed by atoms with Crippen molar-refractivity contribution in [2.24, 2.45) is 5.92 Å². The van der Waals surface area contributed by atoms with Gasteiger partial charge in [0.25, 0.3) is 0 Å². The molecule has 4 nitrogen and oxygen atoms in total. The number of rotatable bonds is 3. The Morgan fingerprint density at radius 2 is 2.06 bits per heavy atom. The molecular formula is C12H12N2O2S. The minimum Gasteiger partial charge on any atom is -0.426 e. The van der Waals surface area contributed by atoms with Gasteiger partial charge in [-0.15, -0.1) is 0 Å². The summed E-state index contributed by atoms with van der Waals surface area (Å²) in [6.07, 6.45) is 1.94. The monoisotopic (exact) mass is 248 g/mol. The third kappa shape index (κ3) is 2.45. The van der Waals surface area contributed by atoms with Crippen molar-refractivity contribution in [2.75, 3.05) is 0 Å². The van der Waals surface area contributed by atoms with Crippen molar-refractivity contribution in [3.63, 3.8) is 0 Å². The molecule has 1 saturated carbocycles. The maximum atomic E-state index is 11.5. The van der Waals surface area contributed by atoms with Crippen LogP contribution in [0.2, 0.25) is 0 Å². The molecule has 0 saturated heterocycles. The fourth-order valence-corrected chi connectivity index (χ4v) is 2.10. The Morgan fingerprint density at radius 1 is 1.29 bits per heavy atom. The van der Waals surface area contributed by atoms with E-state index in [0.717, 1.165) is 24.1 Å². The number of carbonyl (C=O) groups is 1. The lowest BCUT2D eigenvalue weighted by atomic mass is 10.2. The van der Waals surface area contributed by atoms with Gasteiger partial charge in [-0.25, -0.2) is 0 Å². The lowest BCUT2D eigenvalue weighted by Gasteiger charge is -2.06. The Balaban J connectivity index is 1.68. The van der Waals surface area contributed by atoms with Crippen LogP contribution in [0, 0.1) is 5.92 Å². The van der Waals surface area contributed by atoms with Crippen LogP contribution in [0.5, 0.6) is 5.75 Å². The van der Waals surface area contributed by atoms with E-state index in [4.69, 9.17) is 4.74 Å². The smallest absolute Gasteiger partial charge is 0.314 e. The summed E-state index contributed by atoms with van der Waals surface area (Å²) in [7, 11) is 0. The van der Waals surface area contributed by atoms with Crippen LogP contribution in [0.25, 0.3) is 5.70 Å². The molecule has 1 aromatic carbocycles. The van der Waals surface area contributed by atoms with Gasteiger partial charge in [0.2, 0.25) is 0 Å². The van der Waals surface area contributed by atoms with E-state index in [1.807, 2.05) is 29.7 Å². The number of esters is 1. The number of ether oxygens (including phenoxy) is 1. The van der Waals surface area contributed by atoms with E-state index in [0.29, 0.717) is 5.75 Å². The second-order valence-corrected chi connectivity index (χ2v) is 4.77. The van der Waals surface area contributed by atoms with E-state index in [1.54, 1.807) is 0 Å². The third-order valence-electron chi connectivity index (χ3n) is 2.72. The summed E-state index contributed by atoms with van der Waals surface area (Å²) in [5.74, 6) is 0.646. The zero-order valence-corrected chi connectivity index (χ0v) is 9.92. The van der Waals surface area contributed by atoms with Gasteiger partial charge in [-0.3, -0.25) is 4.79 Å². The van der Waals surface area contributed by atoms with Gasteiger partial charge in [-0.2, -0.15) is 4.83 Å². The van der Waals surface area contributed by atoms with E-state index in [-0.39, 0.29) is 11.9 Å². The molecule has 5 heteroatoms. The molecule has 2 aliphatic rings. The highest BCUT2D eigenvalue weighted by molar-refractivity contribution is 8.00. The molecule has 0 amide bonds. The van der Waals surface area contributed by atoms with E-state index < -0.39 is 0 Å². The van der Waals surface area contributed by atoms with Crippen LogP contribution in [0.3, 0.4) is 0 Å². The van der Waals surface area contributed by atoms with E-state index in [1.165, 1.54) is 11.9 Å². The van der Waals surface area contributed by atoms with Crippen molar-refractivity contribution < 1.29 is 9.53 Å². The number of hydrogen-bond acceptors (Lipinski definition) is 5. The van der Waals surface area contributed by atoms with Crippen LogP contribution >= 0.6 is 11.9 Å². The van der Waals surface area contributed by atoms with Gasteiger partial charge in [0.15, 0.2) is 0 Å². The second-order valence-electron chi connectivity index (χ2n) is 4.10. The first-order chi connectivity index (χ1) is 8.33. The Hall–Kier alpha value is -1.46. The molecule has 0 radical (unpaired) electrons. The highest BCUT2D eigenvalue weighted by atomic mass is 32.2. The number of benzene rings is 1. The summed E-state index contributed by atoms with van der Waals surface area (Å²) in [6.45, 7) is 0. The first kappa shape index (κ1) is 10.7. The highest BCUT2D eigenvalue weighted by Crippen LogP contribution is 2.31. The van der Waals surface area contributed by atoms with Crippen molar-refractivity contribution in [3.05, 3.63) is 35.2 Å². The molecule has 1 aliphatic heterocycles.